The molecule has 4 aliphatic rings. The zero-order valence-corrected chi connectivity index (χ0v) is 11.8. The van der Waals surface area contributed by atoms with E-state index in [1.54, 1.807) is 0 Å². The first-order valence-corrected chi connectivity index (χ1v) is 6.97. The minimum absolute atomic E-state index is 0.0272. The molecule has 0 spiro atoms. The lowest BCUT2D eigenvalue weighted by molar-refractivity contribution is -0.199. The summed E-state index contributed by atoms with van der Waals surface area (Å²) in [4.78, 5) is 2.71. The standard InChI is InChI=1S/C12H21BClNO2/c1-7(15-14)13-16-10-6-8-5-9(11(8,2)3)12(10,4)17-13/h7-10,15H,5-6H2,1-4H3/t7-,8-,9-,10+,12-/m0/s1. The van der Waals surface area contributed by atoms with Gasteiger partial charge in [0.15, 0.2) is 0 Å². The highest BCUT2D eigenvalue weighted by Crippen LogP contribution is 2.65. The normalized spacial score (nSPS) is 48.5. The third kappa shape index (κ3) is 1.47. The first-order chi connectivity index (χ1) is 7.89. The highest BCUT2D eigenvalue weighted by Gasteiger charge is 2.68. The van der Waals surface area contributed by atoms with E-state index >= 15 is 0 Å². The molecule has 1 saturated heterocycles. The lowest BCUT2D eigenvalue weighted by Crippen LogP contribution is -2.65. The van der Waals surface area contributed by atoms with E-state index < -0.39 is 0 Å². The average Bonchev–Trinajstić information content (AvgIpc) is 2.64. The maximum atomic E-state index is 6.22. The summed E-state index contributed by atoms with van der Waals surface area (Å²) in [6.07, 6.45) is 2.67. The molecule has 17 heavy (non-hydrogen) atoms. The van der Waals surface area contributed by atoms with E-state index in [4.69, 9.17) is 21.1 Å². The van der Waals surface area contributed by atoms with Crippen LogP contribution in [0.3, 0.4) is 0 Å². The quantitative estimate of drug-likeness (QED) is 0.609. The van der Waals surface area contributed by atoms with Gasteiger partial charge in [0.05, 0.1) is 17.6 Å². The Morgan fingerprint density at radius 1 is 1.35 bits per heavy atom. The van der Waals surface area contributed by atoms with Crippen LogP contribution in [0.5, 0.6) is 0 Å². The van der Waals surface area contributed by atoms with E-state index in [2.05, 4.69) is 25.6 Å². The highest BCUT2D eigenvalue weighted by molar-refractivity contribution is 6.48. The fourth-order valence-corrected chi connectivity index (χ4v) is 4.27. The molecule has 0 amide bonds. The summed E-state index contributed by atoms with van der Waals surface area (Å²) in [6, 6.07) is 0. The Morgan fingerprint density at radius 3 is 2.65 bits per heavy atom. The van der Waals surface area contributed by atoms with Gasteiger partial charge in [-0.25, -0.2) is 4.84 Å². The average molecular weight is 258 g/mol. The van der Waals surface area contributed by atoms with Gasteiger partial charge in [-0.05, 0) is 48.8 Å². The fourth-order valence-electron chi connectivity index (χ4n) is 4.17. The molecule has 1 aliphatic heterocycles. The number of halogens is 1. The molecule has 0 aromatic carbocycles. The van der Waals surface area contributed by atoms with Crippen LogP contribution in [0.2, 0.25) is 0 Å². The van der Waals surface area contributed by atoms with E-state index in [-0.39, 0.29) is 24.8 Å². The predicted molar refractivity (Wildman–Crippen MR) is 68.6 cm³/mol. The summed E-state index contributed by atoms with van der Waals surface area (Å²) >= 11 is 5.67. The Morgan fingerprint density at radius 2 is 2.06 bits per heavy atom. The second kappa shape index (κ2) is 3.63. The van der Waals surface area contributed by atoms with Crippen molar-refractivity contribution >= 4 is 18.9 Å². The van der Waals surface area contributed by atoms with Crippen LogP contribution >= 0.6 is 11.8 Å². The first-order valence-electron chi connectivity index (χ1n) is 6.59. The van der Waals surface area contributed by atoms with Crippen LogP contribution in [-0.4, -0.2) is 24.8 Å². The molecule has 3 saturated carbocycles. The summed E-state index contributed by atoms with van der Waals surface area (Å²) in [6.45, 7) is 8.95. The van der Waals surface area contributed by atoms with Crippen LogP contribution in [-0.2, 0) is 9.31 Å². The van der Waals surface area contributed by atoms with Gasteiger partial charge < -0.3 is 9.31 Å². The molecule has 3 nitrogen and oxygen atoms in total. The van der Waals surface area contributed by atoms with Crippen molar-refractivity contribution in [1.82, 2.24) is 4.84 Å². The molecule has 0 aromatic heterocycles. The van der Waals surface area contributed by atoms with Crippen molar-refractivity contribution in [2.75, 3.05) is 0 Å². The molecular weight excluding hydrogens is 236 g/mol. The van der Waals surface area contributed by atoms with Gasteiger partial charge in [-0.1, -0.05) is 20.8 Å². The van der Waals surface area contributed by atoms with Crippen LogP contribution in [0.25, 0.3) is 0 Å². The number of hydrogen-bond acceptors (Lipinski definition) is 3. The van der Waals surface area contributed by atoms with E-state index in [1.807, 2.05) is 6.92 Å². The molecular formula is C12H21BClNO2. The van der Waals surface area contributed by atoms with Gasteiger partial charge in [0.2, 0.25) is 0 Å². The van der Waals surface area contributed by atoms with Gasteiger partial charge in [0.1, 0.15) is 0 Å². The largest absolute Gasteiger partial charge is 0.476 e. The summed E-state index contributed by atoms with van der Waals surface area (Å²) in [5, 5.41) is 0. The summed E-state index contributed by atoms with van der Waals surface area (Å²) in [7, 11) is -0.211. The van der Waals surface area contributed by atoms with Crippen molar-refractivity contribution < 1.29 is 9.31 Å². The Balaban J connectivity index is 1.82. The summed E-state index contributed by atoms with van der Waals surface area (Å²) in [5.74, 6) is 1.44. The molecule has 0 aromatic rings. The number of hydrogen-bond donors (Lipinski definition) is 1. The Kier molecular flexibility index (Phi) is 2.62. The summed E-state index contributed by atoms with van der Waals surface area (Å²) < 4.78 is 12.3. The van der Waals surface area contributed by atoms with Crippen LogP contribution in [0.1, 0.15) is 40.5 Å². The highest BCUT2D eigenvalue weighted by atomic mass is 35.5. The van der Waals surface area contributed by atoms with Crippen molar-refractivity contribution in [1.29, 1.82) is 0 Å². The Hall–Kier alpha value is 0.235. The van der Waals surface area contributed by atoms with Crippen molar-refractivity contribution in [3.63, 3.8) is 0 Å². The predicted octanol–water partition coefficient (Wildman–Crippen LogP) is 2.39. The molecule has 5 atom stereocenters. The second-order valence-corrected chi connectivity index (χ2v) is 6.95. The van der Waals surface area contributed by atoms with Crippen molar-refractivity contribution in [2.45, 2.75) is 58.2 Å². The van der Waals surface area contributed by atoms with E-state index in [0.29, 0.717) is 11.3 Å². The van der Waals surface area contributed by atoms with Gasteiger partial charge in [0.25, 0.3) is 0 Å². The Bertz CT molecular complexity index is 340. The topological polar surface area (TPSA) is 30.5 Å². The number of nitrogens with one attached hydrogen (secondary N) is 1. The van der Waals surface area contributed by atoms with Crippen molar-refractivity contribution in [2.24, 2.45) is 17.3 Å². The molecule has 0 radical (unpaired) electrons. The van der Waals surface area contributed by atoms with Crippen LogP contribution in [0.4, 0.5) is 0 Å². The summed E-state index contributed by atoms with van der Waals surface area (Å²) in [5.41, 5.74) is 0.284. The first kappa shape index (κ1) is 12.3. The molecule has 1 heterocycles. The smallest absolute Gasteiger partial charge is 0.404 e. The van der Waals surface area contributed by atoms with Crippen molar-refractivity contribution in [3.8, 4) is 0 Å². The zero-order chi connectivity index (χ0) is 12.4. The minimum atomic E-state index is -0.211. The van der Waals surface area contributed by atoms with Crippen LogP contribution in [0.15, 0.2) is 0 Å². The van der Waals surface area contributed by atoms with E-state index in [9.17, 15) is 0 Å². The molecule has 5 heteroatoms. The molecule has 4 fully saturated rings. The fraction of sp³-hybridized carbons (Fsp3) is 1.00. The van der Waals surface area contributed by atoms with Gasteiger partial charge in [-0.2, -0.15) is 0 Å². The molecule has 4 rings (SSSR count). The van der Waals surface area contributed by atoms with Crippen molar-refractivity contribution in [3.05, 3.63) is 0 Å². The van der Waals surface area contributed by atoms with Crippen LogP contribution in [0, 0.1) is 17.3 Å². The zero-order valence-electron chi connectivity index (χ0n) is 11.0. The molecule has 2 bridgehead atoms. The van der Waals surface area contributed by atoms with E-state index in [1.165, 1.54) is 6.42 Å². The monoisotopic (exact) mass is 257 g/mol. The SMILES string of the molecule is C[C@H](NCl)B1O[C@@H]2C[C@@H]3C[C@@H](C3(C)C)[C@]2(C)O1. The second-order valence-electron chi connectivity index (χ2n) is 6.73. The molecule has 96 valence electrons. The number of rotatable bonds is 2. The lowest BCUT2D eigenvalue weighted by atomic mass is 9.43. The van der Waals surface area contributed by atoms with Gasteiger partial charge >= 0.3 is 7.12 Å². The third-order valence-electron chi connectivity index (χ3n) is 5.55. The van der Waals surface area contributed by atoms with Gasteiger partial charge in [0, 0.05) is 0 Å². The Labute approximate surface area is 109 Å². The maximum absolute atomic E-state index is 6.22. The lowest BCUT2D eigenvalue weighted by Gasteiger charge is -2.64. The minimum Gasteiger partial charge on any atom is -0.404 e. The maximum Gasteiger partial charge on any atom is 0.476 e. The van der Waals surface area contributed by atoms with Gasteiger partial charge in [-0.3, -0.25) is 0 Å². The third-order valence-corrected chi connectivity index (χ3v) is 5.89. The molecule has 3 aliphatic carbocycles. The molecule has 1 N–H and O–H groups in total. The van der Waals surface area contributed by atoms with Gasteiger partial charge in [-0.15, -0.1) is 0 Å². The molecule has 0 unspecified atom stereocenters. The van der Waals surface area contributed by atoms with E-state index in [0.717, 1.165) is 12.3 Å². The van der Waals surface area contributed by atoms with Crippen LogP contribution < -0.4 is 4.84 Å².